The van der Waals surface area contributed by atoms with Crippen LogP contribution in [-0.2, 0) is 9.57 Å². The van der Waals surface area contributed by atoms with Gasteiger partial charge in [-0.25, -0.2) is 14.9 Å². The number of hydrazine groups is 1. The van der Waals surface area contributed by atoms with Crippen LogP contribution in [0.4, 0.5) is 26.3 Å². The molecule has 0 fully saturated rings. The summed E-state index contributed by atoms with van der Waals surface area (Å²) >= 11 is 0. The fraction of sp³-hybridized carbons (Fsp3) is 0.750. The largest absolute Gasteiger partial charge is 0.525 e. The lowest BCUT2D eigenvalue weighted by molar-refractivity contribution is -0.729. The molecule has 0 N–H and O–H groups in total. The van der Waals surface area contributed by atoms with Crippen LogP contribution in [0.15, 0.2) is 0 Å². The van der Waals surface area contributed by atoms with E-state index in [-0.39, 0.29) is 0 Å². The molecule has 0 spiro atoms. The maximum atomic E-state index is 11.9. The van der Waals surface area contributed by atoms with E-state index in [0.29, 0.717) is 6.19 Å². The highest BCUT2D eigenvalue weighted by atomic mass is 19.4. The number of hydrogen-bond acceptors (Lipinski definition) is 5. The standard InChI is InChI=1S/C4HF6N3O4/c5-3(6,7)2(16-4(8,9)10)17-12(1-11)13(14)15/h2H. The molecule has 0 bridgehead atoms. The highest BCUT2D eigenvalue weighted by Crippen LogP contribution is 2.30. The van der Waals surface area contributed by atoms with Gasteiger partial charge in [0.2, 0.25) is 5.03 Å². The zero-order valence-electron chi connectivity index (χ0n) is 7.32. The van der Waals surface area contributed by atoms with Crippen LogP contribution < -0.4 is 0 Å². The molecule has 0 aliphatic heterocycles. The number of nitro groups is 1. The molecule has 0 aliphatic rings. The molecular formula is C4HF6N3O4. The second-order valence-electron chi connectivity index (χ2n) is 2.15. The SMILES string of the molecule is N#CN(OC(OC(F)(F)F)C(F)(F)F)[N+](=O)[O-]. The first-order valence-electron chi connectivity index (χ1n) is 3.29. The second kappa shape index (κ2) is 5.01. The Morgan fingerprint density at radius 2 is 1.76 bits per heavy atom. The topological polar surface area (TPSA) is 88.6 Å². The Bertz CT molecular complexity index is 321. The number of alkyl halides is 6. The van der Waals surface area contributed by atoms with Gasteiger partial charge in [-0.15, -0.1) is 13.2 Å². The molecule has 17 heavy (non-hydrogen) atoms. The summed E-state index contributed by atoms with van der Waals surface area (Å²) in [5.74, 6) is 0. The van der Waals surface area contributed by atoms with Crippen molar-refractivity contribution in [3.63, 3.8) is 0 Å². The molecule has 0 aromatic rings. The first-order chi connectivity index (χ1) is 7.47. The average Bonchev–Trinajstić information content (AvgIpc) is 2.07. The molecule has 0 heterocycles. The quantitative estimate of drug-likeness (QED) is 0.191. The first kappa shape index (κ1) is 15.2. The molecule has 0 aromatic carbocycles. The van der Waals surface area contributed by atoms with E-state index in [9.17, 15) is 36.5 Å². The zero-order valence-corrected chi connectivity index (χ0v) is 7.32. The zero-order chi connectivity index (χ0) is 13.9. The minimum atomic E-state index is -5.75. The van der Waals surface area contributed by atoms with Crippen molar-refractivity contribution in [1.29, 1.82) is 5.26 Å². The fourth-order valence-corrected chi connectivity index (χ4v) is 0.459. The highest BCUT2D eigenvalue weighted by Gasteiger charge is 2.52. The maximum absolute atomic E-state index is 11.9. The molecule has 0 aromatic heterocycles. The van der Waals surface area contributed by atoms with Crippen molar-refractivity contribution in [2.24, 2.45) is 0 Å². The van der Waals surface area contributed by atoms with Crippen LogP contribution in [0.25, 0.3) is 0 Å². The van der Waals surface area contributed by atoms with Gasteiger partial charge in [-0.05, 0) is 0 Å². The van der Waals surface area contributed by atoms with Gasteiger partial charge in [0.05, 0.1) is 0 Å². The molecule has 0 radical (unpaired) electrons. The lowest BCUT2D eigenvalue weighted by atomic mass is 10.6. The molecule has 7 nitrogen and oxygen atoms in total. The fourth-order valence-electron chi connectivity index (χ4n) is 0.459. The summed E-state index contributed by atoms with van der Waals surface area (Å²) in [6, 6.07) is 0. The predicted molar refractivity (Wildman–Crippen MR) is 32.5 cm³/mol. The Balaban J connectivity index is 4.85. The molecule has 0 aliphatic carbocycles. The van der Waals surface area contributed by atoms with Gasteiger partial charge in [0.1, 0.15) is 5.17 Å². The minimum Gasteiger partial charge on any atom is -0.249 e. The van der Waals surface area contributed by atoms with Crippen molar-refractivity contribution < 1.29 is 40.9 Å². The molecule has 1 unspecified atom stereocenters. The van der Waals surface area contributed by atoms with Crippen LogP contribution in [0.5, 0.6) is 0 Å². The lowest BCUT2D eigenvalue weighted by Gasteiger charge is -2.20. The number of nitrogens with zero attached hydrogens (tertiary/aromatic N) is 3. The lowest BCUT2D eigenvalue weighted by Crippen LogP contribution is -2.43. The van der Waals surface area contributed by atoms with E-state index in [2.05, 4.69) is 9.57 Å². The van der Waals surface area contributed by atoms with Gasteiger partial charge in [0, 0.05) is 0 Å². The number of hydroxylamine groups is 1. The number of rotatable bonds is 4. The van der Waals surface area contributed by atoms with Gasteiger partial charge < -0.3 is 0 Å². The van der Waals surface area contributed by atoms with E-state index >= 15 is 0 Å². The van der Waals surface area contributed by atoms with Crippen molar-refractivity contribution in [3.05, 3.63) is 10.1 Å². The van der Waals surface area contributed by atoms with Crippen LogP contribution in [-0.4, -0.2) is 29.0 Å². The Morgan fingerprint density at radius 1 is 1.29 bits per heavy atom. The number of hydrogen-bond donors (Lipinski definition) is 0. The van der Waals surface area contributed by atoms with Crippen molar-refractivity contribution in [3.8, 4) is 6.19 Å². The van der Waals surface area contributed by atoms with Gasteiger partial charge in [-0.1, -0.05) is 0 Å². The number of nitriles is 1. The molecule has 13 heteroatoms. The van der Waals surface area contributed by atoms with Crippen molar-refractivity contribution in [2.45, 2.75) is 18.8 Å². The third-order valence-electron chi connectivity index (χ3n) is 0.937. The first-order valence-corrected chi connectivity index (χ1v) is 3.29. The van der Waals surface area contributed by atoms with Crippen LogP contribution in [0, 0.1) is 21.6 Å². The van der Waals surface area contributed by atoms with E-state index in [0.717, 1.165) is 0 Å². The average molecular weight is 269 g/mol. The molecule has 1 atom stereocenters. The normalized spacial score (nSPS) is 13.9. The van der Waals surface area contributed by atoms with Crippen molar-refractivity contribution >= 4 is 0 Å². The molecule has 0 rings (SSSR count). The Morgan fingerprint density at radius 3 is 2.00 bits per heavy atom. The van der Waals surface area contributed by atoms with Crippen molar-refractivity contribution in [1.82, 2.24) is 5.17 Å². The summed E-state index contributed by atoms with van der Waals surface area (Å²) in [6.45, 7) is 0. The van der Waals surface area contributed by atoms with E-state index in [1.165, 1.54) is 0 Å². The minimum absolute atomic E-state index is 0.455. The molecule has 0 saturated heterocycles. The highest BCUT2D eigenvalue weighted by molar-refractivity contribution is 4.60. The smallest absolute Gasteiger partial charge is 0.249 e. The Kier molecular flexibility index (Phi) is 4.48. The summed E-state index contributed by atoms with van der Waals surface area (Å²) in [6.07, 6.45) is -15.0. The third kappa shape index (κ3) is 5.73. The summed E-state index contributed by atoms with van der Waals surface area (Å²) < 4.78 is 72.7. The second-order valence-corrected chi connectivity index (χ2v) is 2.15. The van der Waals surface area contributed by atoms with Gasteiger partial charge in [-0.2, -0.15) is 23.3 Å². The maximum Gasteiger partial charge on any atom is 0.525 e. The summed E-state index contributed by atoms with van der Waals surface area (Å²) in [4.78, 5) is 12.9. The van der Waals surface area contributed by atoms with Gasteiger partial charge in [-0.3, -0.25) is 0 Å². The number of halogens is 6. The van der Waals surface area contributed by atoms with Crippen LogP contribution in [0.1, 0.15) is 0 Å². The van der Waals surface area contributed by atoms with Gasteiger partial charge >= 0.3 is 12.5 Å². The molecular weight excluding hydrogens is 268 g/mol. The molecule has 98 valence electrons. The van der Waals surface area contributed by atoms with Crippen LogP contribution in [0.3, 0.4) is 0 Å². The third-order valence-corrected chi connectivity index (χ3v) is 0.937. The van der Waals surface area contributed by atoms with Crippen molar-refractivity contribution in [2.75, 3.05) is 0 Å². The van der Waals surface area contributed by atoms with Gasteiger partial charge in [0.15, 0.2) is 0 Å². The summed E-state index contributed by atoms with van der Waals surface area (Å²) in [5.41, 5.74) is 0. The van der Waals surface area contributed by atoms with E-state index < -0.39 is 29.0 Å². The van der Waals surface area contributed by atoms with Crippen LogP contribution >= 0.6 is 0 Å². The van der Waals surface area contributed by atoms with E-state index in [4.69, 9.17) is 5.26 Å². The molecule has 0 amide bonds. The Hall–Kier alpha value is -1.81. The monoisotopic (exact) mass is 269 g/mol. The van der Waals surface area contributed by atoms with Gasteiger partial charge in [0.25, 0.3) is 12.5 Å². The van der Waals surface area contributed by atoms with E-state index in [1.54, 1.807) is 0 Å². The predicted octanol–water partition coefficient (Wildman–Crippen LogP) is 1.32. The summed E-state index contributed by atoms with van der Waals surface area (Å²) in [7, 11) is 0. The summed E-state index contributed by atoms with van der Waals surface area (Å²) in [5, 5.41) is 14.7. The number of ether oxygens (including phenoxy) is 1. The van der Waals surface area contributed by atoms with E-state index in [1.807, 2.05) is 0 Å². The molecule has 0 saturated carbocycles. The Labute approximate surface area is 87.8 Å². The van der Waals surface area contributed by atoms with Crippen LogP contribution in [0.2, 0.25) is 0 Å².